The Kier molecular flexibility index (Phi) is 3.82. The quantitative estimate of drug-likeness (QED) is 0.904. The SMILES string of the molecule is CN1CC[C@@H](Nc2cccc3c(CC4CC4)csc23)[C@@H](F)C1. The molecule has 1 aromatic carbocycles. The van der Waals surface area contributed by atoms with Crippen molar-refractivity contribution in [3.8, 4) is 0 Å². The van der Waals surface area contributed by atoms with Crippen LogP contribution in [-0.4, -0.2) is 37.3 Å². The maximum atomic E-state index is 14.3. The molecule has 1 saturated carbocycles. The molecular formula is C18H23FN2S. The highest BCUT2D eigenvalue weighted by molar-refractivity contribution is 7.18. The Morgan fingerprint density at radius 1 is 1.32 bits per heavy atom. The van der Waals surface area contributed by atoms with Crippen LogP contribution in [-0.2, 0) is 6.42 Å². The second kappa shape index (κ2) is 5.82. The van der Waals surface area contributed by atoms with Gasteiger partial charge in [-0.3, -0.25) is 0 Å². The topological polar surface area (TPSA) is 15.3 Å². The second-order valence-corrected chi connectivity index (χ2v) is 7.79. The van der Waals surface area contributed by atoms with Crippen LogP contribution in [0.15, 0.2) is 23.6 Å². The molecule has 1 aromatic heterocycles. The molecule has 4 heteroatoms. The summed E-state index contributed by atoms with van der Waals surface area (Å²) in [5, 5.41) is 7.15. The number of thiophene rings is 1. The summed E-state index contributed by atoms with van der Waals surface area (Å²) in [6.45, 7) is 1.50. The Labute approximate surface area is 135 Å². The minimum Gasteiger partial charge on any atom is -0.378 e. The lowest BCUT2D eigenvalue weighted by Crippen LogP contribution is -2.46. The molecule has 2 aromatic rings. The lowest BCUT2D eigenvalue weighted by Gasteiger charge is -2.33. The van der Waals surface area contributed by atoms with E-state index in [4.69, 9.17) is 0 Å². The van der Waals surface area contributed by atoms with Crippen molar-refractivity contribution in [2.45, 2.75) is 37.9 Å². The number of hydrogen-bond acceptors (Lipinski definition) is 3. The molecule has 22 heavy (non-hydrogen) atoms. The number of halogens is 1. The van der Waals surface area contributed by atoms with Crippen LogP contribution < -0.4 is 5.32 Å². The van der Waals surface area contributed by atoms with Gasteiger partial charge in [0, 0.05) is 13.1 Å². The van der Waals surface area contributed by atoms with Crippen LogP contribution in [0.3, 0.4) is 0 Å². The van der Waals surface area contributed by atoms with Gasteiger partial charge >= 0.3 is 0 Å². The molecule has 2 atom stereocenters. The van der Waals surface area contributed by atoms with Crippen LogP contribution in [0, 0.1) is 5.92 Å². The van der Waals surface area contributed by atoms with Gasteiger partial charge in [-0.25, -0.2) is 4.39 Å². The Morgan fingerprint density at radius 2 is 2.18 bits per heavy atom. The highest BCUT2D eigenvalue weighted by Crippen LogP contribution is 2.39. The van der Waals surface area contributed by atoms with Gasteiger partial charge in [0.2, 0.25) is 0 Å². The van der Waals surface area contributed by atoms with Crippen molar-refractivity contribution in [1.29, 1.82) is 0 Å². The third-order valence-electron chi connectivity index (χ3n) is 4.97. The molecule has 1 saturated heterocycles. The predicted molar refractivity (Wildman–Crippen MR) is 92.7 cm³/mol. The van der Waals surface area contributed by atoms with Crippen LogP contribution in [0.2, 0.25) is 0 Å². The molecule has 0 radical (unpaired) electrons. The van der Waals surface area contributed by atoms with E-state index in [1.54, 1.807) is 11.3 Å². The smallest absolute Gasteiger partial charge is 0.133 e. The molecule has 1 aliphatic carbocycles. The van der Waals surface area contributed by atoms with E-state index in [9.17, 15) is 4.39 Å². The fourth-order valence-electron chi connectivity index (χ4n) is 3.43. The Balaban J connectivity index is 1.57. The molecule has 1 N–H and O–H groups in total. The zero-order valence-electron chi connectivity index (χ0n) is 13.0. The van der Waals surface area contributed by atoms with Crippen LogP contribution in [0.1, 0.15) is 24.8 Å². The summed E-state index contributed by atoms with van der Waals surface area (Å²) in [6, 6.07) is 6.37. The van der Waals surface area contributed by atoms with Gasteiger partial charge in [-0.2, -0.15) is 0 Å². The summed E-state index contributed by atoms with van der Waals surface area (Å²) in [7, 11) is 1.99. The largest absolute Gasteiger partial charge is 0.378 e. The van der Waals surface area contributed by atoms with Gasteiger partial charge < -0.3 is 10.2 Å². The molecule has 0 spiro atoms. The van der Waals surface area contributed by atoms with Crippen molar-refractivity contribution in [3.05, 3.63) is 29.1 Å². The van der Waals surface area contributed by atoms with E-state index in [0.717, 1.165) is 24.6 Å². The van der Waals surface area contributed by atoms with Crippen LogP contribution in [0.25, 0.3) is 10.1 Å². The predicted octanol–water partition coefficient (Wildman–Crippen LogP) is 4.31. The first-order chi connectivity index (χ1) is 10.7. The lowest BCUT2D eigenvalue weighted by molar-refractivity contribution is 0.149. The normalized spacial score (nSPS) is 26.5. The maximum Gasteiger partial charge on any atom is 0.133 e. The number of nitrogens with zero attached hydrogens (tertiary/aromatic N) is 1. The first kappa shape index (κ1) is 14.5. The summed E-state index contributed by atoms with van der Waals surface area (Å²) in [6.07, 6.45) is 4.06. The fourth-order valence-corrected chi connectivity index (χ4v) is 4.50. The summed E-state index contributed by atoms with van der Waals surface area (Å²) < 4.78 is 15.6. The van der Waals surface area contributed by atoms with Crippen molar-refractivity contribution in [3.63, 3.8) is 0 Å². The molecule has 1 aliphatic heterocycles. The van der Waals surface area contributed by atoms with Crippen molar-refractivity contribution in [2.75, 3.05) is 25.5 Å². The van der Waals surface area contributed by atoms with Gasteiger partial charge in [0.05, 0.1) is 16.4 Å². The first-order valence-corrected chi connectivity index (χ1v) is 9.17. The Hall–Kier alpha value is -1.13. The molecule has 0 unspecified atom stereocenters. The fraction of sp³-hybridized carbons (Fsp3) is 0.556. The van der Waals surface area contributed by atoms with Crippen LogP contribution in [0.5, 0.6) is 0 Å². The van der Waals surface area contributed by atoms with E-state index in [1.165, 1.54) is 34.9 Å². The molecule has 0 bridgehead atoms. The van der Waals surface area contributed by atoms with Gasteiger partial charge in [-0.15, -0.1) is 11.3 Å². The number of likely N-dealkylation sites (tertiary alicyclic amines) is 1. The number of hydrogen-bond donors (Lipinski definition) is 1. The molecule has 2 nitrogen and oxygen atoms in total. The van der Waals surface area contributed by atoms with Crippen LogP contribution in [0.4, 0.5) is 10.1 Å². The number of fused-ring (bicyclic) bond motifs is 1. The van der Waals surface area contributed by atoms with E-state index in [0.29, 0.717) is 6.54 Å². The standard InChI is InChI=1S/C18H23FN2S/c1-21-8-7-16(15(19)10-21)20-17-4-2-3-14-13(9-12-5-6-12)11-22-18(14)17/h2-4,11-12,15-16,20H,5-10H2,1H3/t15-,16+/m0/s1. The van der Waals surface area contributed by atoms with Crippen LogP contribution >= 0.6 is 11.3 Å². The highest BCUT2D eigenvalue weighted by Gasteiger charge is 2.28. The summed E-state index contributed by atoms with van der Waals surface area (Å²) >= 11 is 1.81. The Morgan fingerprint density at radius 3 is 2.95 bits per heavy atom. The maximum absolute atomic E-state index is 14.3. The molecule has 2 heterocycles. The van der Waals surface area contributed by atoms with Gasteiger partial charge in [-0.1, -0.05) is 12.1 Å². The average Bonchev–Trinajstić information content (AvgIpc) is 3.22. The lowest BCUT2D eigenvalue weighted by atomic mass is 10.0. The molecule has 4 rings (SSSR count). The van der Waals surface area contributed by atoms with Crippen molar-refractivity contribution >= 4 is 27.1 Å². The second-order valence-electron chi connectivity index (χ2n) is 6.91. The summed E-state index contributed by atoms with van der Waals surface area (Å²) in [5.41, 5.74) is 2.59. The number of alkyl halides is 1. The van der Waals surface area contributed by atoms with Gasteiger partial charge in [0.25, 0.3) is 0 Å². The molecule has 0 amide bonds. The van der Waals surface area contributed by atoms with Crippen molar-refractivity contribution < 1.29 is 4.39 Å². The van der Waals surface area contributed by atoms with Crippen molar-refractivity contribution in [2.24, 2.45) is 5.92 Å². The zero-order chi connectivity index (χ0) is 15.1. The first-order valence-electron chi connectivity index (χ1n) is 8.29. The minimum absolute atomic E-state index is 0.0595. The minimum atomic E-state index is -0.792. The van der Waals surface area contributed by atoms with E-state index in [2.05, 4.69) is 33.8 Å². The molecule has 2 fully saturated rings. The summed E-state index contributed by atoms with van der Waals surface area (Å²) in [5.74, 6) is 0.901. The number of rotatable bonds is 4. The Bertz CT molecular complexity index is 664. The van der Waals surface area contributed by atoms with Gasteiger partial charge in [0.15, 0.2) is 0 Å². The summed E-state index contributed by atoms with van der Waals surface area (Å²) in [4.78, 5) is 2.07. The third-order valence-corrected chi connectivity index (χ3v) is 6.05. The number of anilines is 1. The third kappa shape index (κ3) is 2.86. The average molecular weight is 318 g/mol. The number of benzene rings is 1. The molecule has 2 aliphatic rings. The zero-order valence-corrected chi connectivity index (χ0v) is 13.8. The van der Waals surface area contributed by atoms with E-state index >= 15 is 0 Å². The van der Waals surface area contributed by atoms with Crippen molar-refractivity contribution in [1.82, 2.24) is 4.90 Å². The highest BCUT2D eigenvalue weighted by atomic mass is 32.1. The molecule has 118 valence electrons. The van der Waals surface area contributed by atoms with E-state index < -0.39 is 6.17 Å². The van der Waals surface area contributed by atoms with Gasteiger partial charge in [0.1, 0.15) is 6.17 Å². The molecular weight excluding hydrogens is 295 g/mol. The number of nitrogens with one attached hydrogen (secondary N) is 1. The number of piperidine rings is 1. The van der Waals surface area contributed by atoms with Gasteiger partial charge in [-0.05, 0) is 61.0 Å². The van der Waals surface area contributed by atoms with E-state index in [1.807, 2.05) is 7.05 Å². The van der Waals surface area contributed by atoms with E-state index in [-0.39, 0.29) is 6.04 Å². The monoisotopic (exact) mass is 318 g/mol.